The number of fused-ring (bicyclic) bond motifs is 8. The highest BCUT2D eigenvalue weighted by Crippen LogP contribution is 2.43. The lowest BCUT2D eigenvalue weighted by molar-refractivity contribution is 1.13. The van der Waals surface area contributed by atoms with E-state index >= 15 is 0 Å². The Balaban J connectivity index is 1.38. The van der Waals surface area contributed by atoms with Crippen molar-refractivity contribution in [1.29, 1.82) is 0 Å². The molecule has 0 saturated carbocycles. The summed E-state index contributed by atoms with van der Waals surface area (Å²) in [7, 11) is 0. The van der Waals surface area contributed by atoms with E-state index in [1.807, 2.05) is 18.3 Å². The molecule has 10 rings (SSSR count). The lowest BCUT2D eigenvalue weighted by Gasteiger charge is -2.12. The Bertz CT molecular complexity index is 2770. The second-order valence-corrected chi connectivity index (χ2v) is 12.1. The molecule has 6 aromatic carbocycles. The molecular formula is C43H28N4. The number of hydrogen-bond donors (Lipinski definition) is 0. The van der Waals surface area contributed by atoms with Gasteiger partial charge in [0.1, 0.15) is 0 Å². The van der Waals surface area contributed by atoms with E-state index < -0.39 is 0 Å². The molecule has 0 saturated heterocycles. The first-order chi connectivity index (χ1) is 23.3. The zero-order chi connectivity index (χ0) is 30.9. The molecule has 0 fully saturated rings. The summed E-state index contributed by atoms with van der Waals surface area (Å²) in [4.78, 5) is 4.69. The SMILES string of the molecule is c1ccc(-n2ccc3cc4c5ccc6c(c7ccccc7n6-c6ccccc6)c5n(-c5cccc(-c6ccccn6)c5)c4cc32)cc1. The van der Waals surface area contributed by atoms with Crippen LogP contribution in [-0.2, 0) is 0 Å². The molecule has 0 radical (unpaired) electrons. The lowest BCUT2D eigenvalue weighted by atomic mass is 10.1. The van der Waals surface area contributed by atoms with Crippen LogP contribution in [0.25, 0.3) is 82.8 Å². The normalized spacial score (nSPS) is 11.8. The van der Waals surface area contributed by atoms with Crippen molar-refractivity contribution >= 4 is 54.5 Å². The molecule has 220 valence electrons. The molecule has 4 aromatic heterocycles. The first-order valence-electron chi connectivity index (χ1n) is 16.0. The van der Waals surface area contributed by atoms with E-state index in [1.165, 1.54) is 54.5 Å². The zero-order valence-electron chi connectivity index (χ0n) is 25.5. The predicted octanol–water partition coefficient (Wildman–Crippen LogP) is 10.9. The van der Waals surface area contributed by atoms with E-state index in [9.17, 15) is 0 Å². The fourth-order valence-electron chi connectivity index (χ4n) is 7.46. The van der Waals surface area contributed by atoms with Crippen LogP contribution in [0.3, 0.4) is 0 Å². The molecule has 0 aliphatic carbocycles. The van der Waals surface area contributed by atoms with Crippen molar-refractivity contribution < 1.29 is 0 Å². The Morgan fingerprint density at radius 3 is 2.02 bits per heavy atom. The summed E-state index contributed by atoms with van der Waals surface area (Å²) in [5.74, 6) is 0. The van der Waals surface area contributed by atoms with Crippen molar-refractivity contribution in [3.05, 3.63) is 170 Å². The molecule has 0 aliphatic rings. The molecule has 0 atom stereocenters. The van der Waals surface area contributed by atoms with Gasteiger partial charge in [0.15, 0.2) is 0 Å². The lowest BCUT2D eigenvalue weighted by Crippen LogP contribution is -1.97. The van der Waals surface area contributed by atoms with Crippen LogP contribution in [0.1, 0.15) is 0 Å². The van der Waals surface area contributed by atoms with E-state index in [2.05, 4.69) is 170 Å². The number of benzene rings is 6. The van der Waals surface area contributed by atoms with Gasteiger partial charge in [-0.3, -0.25) is 4.98 Å². The minimum absolute atomic E-state index is 0.960. The van der Waals surface area contributed by atoms with Crippen molar-refractivity contribution in [1.82, 2.24) is 18.7 Å². The molecule has 10 aromatic rings. The number of hydrogen-bond acceptors (Lipinski definition) is 1. The second-order valence-electron chi connectivity index (χ2n) is 12.1. The van der Waals surface area contributed by atoms with Crippen LogP contribution in [0, 0.1) is 0 Å². The van der Waals surface area contributed by atoms with E-state index in [1.54, 1.807) is 0 Å². The average molecular weight is 601 g/mol. The number of nitrogens with zero attached hydrogens (tertiary/aromatic N) is 4. The van der Waals surface area contributed by atoms with Gasteiger partial charge >= 0.3 is 0 Å². The summed E-state index contributed by atoms with van der Waals surface area (Å²) in [6.45, 7) is 0. The molecule has 0 spiro atoms. The van der Waals surface area contributed by atoms with E-state index in [0.29, 0.717) is 0 Å². The minimum Gasteiger partial charge on any atom is -0.316 e. The van der Waals surface area contributed by atoms with Crippen molar-refractivity contribution in [2.45, 2.75) is 0 Å². The van der Waals surface area contributed by atoms with Crippen molar-refractivity contribution in [2.75, 3.05) is 0 Å². The Labute approximate surface area is 271 Å². The highest BCUT2D eigenvalue weighted by atomic mass is 15.0. The summed E-state index contributed by atoms with van der Waals surface area (Å²) in [5.41, 5.74) is 11.4. The molecule has 4 nitrogen and oxygen atoms in total. The van der Waals surface area contributed by atoms with Gasteiger partial charge in [0, 0.05) is 62.0 Å². The maximum Gasteiger partial charge on any atom is 0.0702 e. The summed E-state index contributed by atoms with van der Waals surface area (Å²) in [6, 6.07) is 56.5. The molecule has 0 amide bonds. The van der Waals surface area contributed by atoms with Crippen molar-refractivity contribution in [2.24, 2.45) is 0 Å². The quantitative estimate of drug-likeness (QED) is 0.197. The zero-order valence-corrected chi connectivity index (χ0v) is 25.5. The molecule has 0 aliphatic heterocycles. The first-order valence-corrected chi connectivity index (χ1v) is 16.0. The van der Waals surface area contributed by atoms with E-state index in [0.717, 1.165) is 28.3 Å². The van der Waals surface area contributed by atoms with Crippen LogP contribution >= 0.6 is 0 Å². The van der Waals surface area contributed by atoms with Crippen LogP contribution in [0.2, 0.25) is 0 Å². The van der Waals surface area contributed by atoms with Crippen LogP contribution in [0.4, 0.5) is 0 Å². The summed E-state index contributed by atoms with van der Waals surface area (Å²) in [5, 5.41) is 6.17. The van der Waals surface area contributed by atoms with Gasteiger partial charge in [-0.2, -0.15) is 0 Å². The van der Waals surface area contributed by atoms with Crippen LogP contribution < -0.4 is 0 Å². The highest BCUT2D eigenvalue weighted by Gasteiger charge is 2.22. The smallest absolute Gasteiger partial charge is 0.0702 e. The molecule has 4 heteroatoms. The number of pyridine rings is 1. The molecule has 47 heavy (non-hydrogen) atoms. The number of rotatable bonds is 4. The van der Waals surface area contributed by atoms with Gasteiger partial charge in [-0.25, -0.2) is 0 Å². The third-order valence-electron chi connectivity index (χ3n) is 9.49. The maximum absolute atomic E-state index is 4.69. The topological polar surface area (TPSA) is 27.7 Å². The third-order valence-corrected chi connectivity index (χ3v) is 9.49. The van der Waals surface area contributed by atoms with Crippen LogP contribution in [0.5, 0.6) is 0 Å². The standard InChI is InChI=1S/C43H28N4/c1-3-13-31(14-4-1)45-25-23-30-27-36-34-21-22-39-42(35-18-7-8-20-38(35)46(39)32-15-5-2-6-16-32)43(34)47(41(36)28-40(30)45)33-17-11-12-29(26-33)37-19-9-10-24-44-37/h1-28H. The van der Waals surface area contributed by atoms with Crippen molar-refractivity contribution in [3.63, 3.8) is 0 Å². The fourth-order valence-corrected chi connectivity index (χ4v) is 7.46. The van der Waals surface area contributed by atoms with Gasteiger partial charge < -0.3 is 13.7 Å². The second kappa shape index (κ2) is 10.1. The minimum atomic E-state index is 0.960. The average Bonchev–Trinajstić information content (AvgIpc) is 3.81. The van der Waals surface area contributed by atoms with Gasteiger partial charge in [0.25, 0.3) is 0 Å². The van der Waals surface area contributed by atoms with Gasteiger partial charge in [-0.15, -0.1) is 0 Å². The maximum atomic E-state index is 4.69. The molecule has 0 unspecified atom stereocenters. The van der Waals surface area contributed by atoms with Gasteiger partial charge in [-0.1, -0.05) is 78.9 Å². The Kier molecular flexibility index (Phi) is 5.54. The largest absolute Gasteiger partial charge is 0.316 e. The summed E-state index contributed by atoms with van der Waals surface area (Å²) < 4.78 is 7.16. The van der Waals surface area contributed by atoms with E-state index in [-0.39, 0.29) is 0 Å². The molecule has 0 bridgehead atoms. The Morgan fingerprint density at radius 1 is 0.426 bits per heavy atom. The fraction of sp³-hybridized carbons (Fsp3) is 0. The number of aromatic nitrogens is 4. The van der Waals surface area contributed by atoms with Crippen molar-refractivity contribution in [3.8, 4) is 28.3 Å². The third kappa shape index (κ3) is 3.85. The van der Waals surface area contributed by atoms with Crippen LogP contribution in [0.15, 0.2) is 170 Å². The Hall–Kier alpha value is -6.39. The van der Waals surface area contributed by atoms with E-state index in [4.69, 9.17) is 0 Å². The van der Waals surface area contributed by atoms with Crippen LogP contribution in [-0.4, -0.2) is 18.7 Å². The summed E-state index contributed by atoms with van der Waals surface area (Å²) in [6.07, 6.45) is 4.04. The number of para-hydroxylation sites is 3. The Morgan fingerprint density at radius 2 is 1.19 bits per heavy atom. The highest BCUT2D eigenvalue weighted by molar-refractivity contribution is 6.27. The summed E-state index contributed by atoms with van der Waals surface area (Å²) >= 11 is 0. The van der Waals surface area contributed by atoms with Gasteiger partial charge in [0.05, 0.1) is 33.3 Å². The van der Waals surface area contributed by atoms with Gasteiger partial charge in [0.2, 0.25) is 0 Å². The monoisotopic (exact) mass is 600 g/mol. The molecular weight excluding hydrogens is 573 g/mol. The molecule has 0 N–H and O–H groups in total. The first kappa shape index (κ1) is 25.9. The van der Waals surface area contributed by atoms with Gasteiger partial charge in [-0.05, 0) is 78.9 Å². The molecule has 4 heterocycles. The predicted molar refractivity (Wildman–Crippen MR) is 195 cm³/mol.